The van der Waals surface area contributed by atoms with Gasteiger partial charge in [0.25, 0.3) is 11.8 Å². The van der Waals surface area contributed by atoms with E-state index in [4.69, 9.17) is 5.11 Å². The SMILES string of the molecule is CCc1nn(CCNC(=O)O)c(CC)c1S(=O)(=O)c1ccc(N2C(=O)c3ccccc3C2=O)cc1. The van der Waals surface area contributed by atoms with Crippen molar-refractivity contribution in [2.75, 3.05) is 11.4 Å². The first-order valence-corrected chi connectivity index (χ1v) is 12.6. The number of anilines is 1. The number of nitrogens with zero attached hydrogens (tertiary/aromatic N) is 3. The molecule has 0 saturated heterocycles. The highest BCUT2D eigenvalue weighted by molar-refractivity contribution is 7.91. The third-order valence-electron chi connectivity index (χ3n) is 5.81. The van der Waals surface area contributed by atoms with Gasteiger partial charge in [-0.05, 0) is 49.2 Å². The van der Waals surface area contributed by atoms with Gasteiger partial charge in [0, 0.05) is 6.54 Å². The molecule has 1 aliphatic rings. The Labute approximate surface area is 202 Å². The zero-order valence-electron chi connectivity index (χ0n) is 19.2. The van der Waals surface area contributed by atoms with Crippen LogP contribution in [0.15, 0.2) is 58.3 Å². The summed E-state index contributed by atoms with van der Waals surface area (Å²) in [7, 11) is -3.97. The molecule has 0 aliphatic carbocycles. The number of sulfone groups is 1. The van der Waals surface area contributed by atoms with Crippen LogP contribution in [-0.2, 0) is 29.2 Å². The maximum absolute atomic E-state index is 13.6. The summed E-state index contributed by atoms with van der Waals surface area (Å²) in [5.74, 6) is -0.919. The van der Waals surface area contributed by atoms with Gasteiger partial charge >= 0.3 is 6.09 Å². The van der Waals surface area contributed by atoms with Crippen LogP contribution < -0.4 is 10.2 Å². The molecule has 2 N–H and O–H groups in total. The van der Waals surface area contributed by atoms with E-state index in [0.717, 1.165) is 4.90 Å². The summed E-state index contributed by atoms with van der Waals surface area (Å²) < 4.78 is 28.8. The molecule has 0 fully saturated rings. The van der Waals surface area contributed by atoms with Crippen molar-refractivity contribution in [3.8, 4) is 0 Å². The molecule has 3 aromatic rings. The smallest absolute Gasteiger partial charge is 0.404 e. The molecule has 11 heteroatoms. The van der Waals surface area contributed by atoms with Crippen molar-refractivity contribution in [2.24, 2.45) is 0 Å². The quantitative estimate of drug-likeness (QED) is 0.457. The van der Waals surface area contributed by atoms with Crippen LogP contribution in [0, 0.1) is 0 Å². The second-order valence-electron chi connectivity index (χ2n) is 7.87. The predicted octanol–water partition coefficient (Wildman–Crippen LogP) is 2.91. The summed E-state index contributed by atoms with van der Waals surface area (Å²) in [6.45, 7) is 3.88. The first-order chi connectivity index (χ1) is 16.7. The van der Waals surface area contributed by atoms with E-state index in [1.807, 2.05) is 6.92 Å². The molecule has 2 heterocycles. The number of hydrogen-bond acceptors (Lipinski definition) is 6. The van der Waals surface area contributed by atoms with E-state index in [9.17, 15) is 22.8 Å². The fraction of sp³-hybridized carbons (Fsp3) is 0.250. The normalized spacial score (nSPS) is 13.3. The van der Waals surface area contributed by atoms with Gasteiger partial charge in [-0.15, -0.1) is 0 Å². The van der Waals surface area contributed by atoms with E-state index in [1.54, 1.807) is 31.2 Å². The van der Waals surface area contributed by atoms with Gasteiger partial charge in [-0.3, -0.25) is 14.3 Å². The largest absolute Gasteiger partial charge is 0.465 e. The van der Waals surface area contributed by atoms with Gasteiger partial charge in [0.05, 0.1) is 39.6 Å². The fourth-order valence-electron chi connectivity index (χ4n) is 4.19. The molecular weight excluding hydrogens is 472 g/mol. The van der Waals surface area contributed by atoms with E-state index < -0.39 is 27.7 Å². The molecule has 0 radical (unpaired) electrons. The van der Waals surface area contributed by atoms with E-state index in [0.29, 0.717) is 35.4 Å². The van der Waals surface area contributed by atoms with Crippen LogP contribution in [0.1, 0.15) is 46.0 Å². The van der Waals surface area contributed by atoms with Crippen LogP contribution >= 0.6 is 0 Å². The predicted molar refractivity (Wildman–Crippen MR) is 126 cm³/mol. The Hall–Kier alpha value is -3.99. The number of aryl methyl sites for hydroxylation is 1. The Bertz CT molecular complexity index is 1390. The molecule has 2 aromatic carbocycles. The lowest BCUT2D eigenvalue weighted by Crippen LogP contribution is -2.29. The Kier molecular flexibility index (Phi) is 6.44. The minimum absolute atomic E-state index is 0.00506. The molecule has 4 rings (SSSR count). The maximum atomic E-state index is 13.6. The van der Waals surface area contributed by atoms with E-state index in [1.165, 1.54) is 28.9 Å². The number of rotatable bonds is 8. The lowest BCUT2D eigenvalue weighted by Gasteiger charge is -2.15. The van der Waals surface area contributed by atoms with E-state index in [2.05, 4.69) is 10.4 Å². The zero-order chi connectivity index (χ0) is 25.3. The molecule has 0 atom stereocenters. The number of amides is 3. The van der Waals surface area contributed by atoms with Gasteiger partial charge in [0.2, 0.25) is 9.84 Å². The summed E-state index contributed by atoms with van der Waals surface area (Å²) in [5, 5.41) is 15.5. The summed E-state index contributed by atoms with van der Waals surface area (Å²) in [5.41, 5.74) is 1.76. The monoisotopic (exact) mass is 496 g/mol. The van der Waals surface area contributed by atoms with Gasteiger partial charge in [0.15, 0.2) is 0 Å². The molecule has 1 aliphatic heterocycles. The van der Waals surface area contributed by atoms with Gasteiger partial charge in [-0.2, -0.15) is 5.10 Å². The average molecular weight is 497 g/mol. The van der Waals surface area contributed by atoms with Crippen LogP contribution in [0.3, 0.4) is 0 Å². The number of carboxylic acid groups (broad SMARTS) is 1. The summed E-state index contributed by atoms with van der Waals surface area (Å²) >= 11 is 0. The topological polar surface area (TPSA) is 139 Å². The number of fused-ring (bicyclic) bond motifs is 1. The summed E-state index contributed by atoms with van der Waals surface area (Å²) in [4.78, 5) is 37.4. The second-order valence-corrected chi connectivity index (χ2v) is 9.76. The van der Waals surface area contributed by atoms with Crippen LogP contribution in [-0.4, -0.2) is 47.8 Å². The van der Waals surface area contributed by atoms with Crippen molar-refractivity contribution in [1.29, 1.82) is 0 Å². The Balaban J connectivity index is 1.67. The summed E-state index contributed by atoms with van der Waals surface area (Å²) in [6.07, 6.45) is -0.424. The molecule has 3 amide bonds. The lowest BCUT2D eigenvalue weighted by atomic mass is 10.1. The van der Waals surface area contributed by atoms with Gasteiger partial charge < -0.3 is 10.4 Å². The van der Waals surface area contributed by atoms with Crippen molar-refractivity contribution in [2.45, 2.75) is 43.0 Å². The zero-order valence-corrected chi connectivity index (χ0v) is 20.0. The highest BCUT2D eigenvalue weighted by atomic mass is 32.2. The number of nitrogens with one attached hydrogen (secondary N) is 1. The number of hydrogen-bond donors (Lipinski definition) is 2. The van der Waals surface area contributed by atoms with Crippen LogP contribution in [0.5, 0.6) is 0 Å². The van der Waals surface area contributed by atoms with E-state index >= 15 is 0 Å². The summed E-state index contributed by atoms with van der Waals surface area (Å²) in [6, 6.07) is 12.1. The molecule has 35 heavy (non-hydrogen) atoms. The molecule has 10 nitrogen and oxygen atoms in total. The minimum Gasteiger partial charge on any atom is -0.465 e. The molecule has 0 spiro atoms. The fourth-order valence-corrected chi connectivity index (χ4v) is 5.97. The van der Waals surface area contributed by atoms with Crippen LogP contribution in [0.25, 0.3) is 0 Å². The minimum atomic E-state index is -3.97. The first-order valence-electron chi connectivity index (χ1n) is 11.1. The number of carbonyl (C=O) groups excluding carboxylic acids is 2. The molecule has 1 aromatic heterocycles. The van der Waals surface area contributed by atoms with Crippen molar-refractivity contribution in [3.05, 3.63) is 71.0 Å². The highest BCUT2D eigenvalue weighted by Crippen LogP contribution is 2.32. The first kappa shape index (κ1) is 24.1. The van der Waals surface area contributed by atoms with Crippen molar-refractivity contribution in [3.63, 3.8) is 0 Å². The molecule has 0 saturated carbocycles. The van der Waals surface area contributed by atoms with Crippen LogP contribution in [0.4, 0.5) is 10.5 Å². The standard InChI is InChI=1S/C24H24N4O6S/c1-3-19-21(20(4-2)27(26-19)14-13-25-24(31)32)35(33,34)16-11-9-15(10-12-16)28-22(29)17-7-5-6-8-18(17)23(28)30/h5-12,25H,3-4,13-14H2,1-2H3,(H,31,32). The molecule has 182 valence electrons. The van der Waals surface area contributed by atoms with Crippen molar-refractivity contribution >= 4 is 33.4 Å². The second kappa shape index (κ2) is 9.34. The van der Waals surface area contributed by atoms with Crippen molar-refractivity contribution < 1.29 is 27.9 Å². The molecular formula is C24H24N4O6S. The van der Waals surface area contributed by atoms with Gasteiger partial charge in [0.1, 0.15) is 4.90 Å². The van der Waals surface area contributed by atoms with Gasteiger partial charge in [-0.25, -0.2) is 18.1 Å². The Morgan fingerprint density at radius 2 is 1.57 bits per heavy atom. The highest BCUT2D eigenvalue weighted by Gasteiger charge is 2.36. The lowest BCUT2D eigenvalue weighted by molar-refractivity contribution is 0.0926. The van der Waals surface area contributed by atoms with Crippen molar-refractivity contribution in [1.82, 2.24) is 15.1 Å². The number of imide groups is 1. The Morgan fingerprint density at radius 3 is 2.09 bits per heavy atom. The number of aromatic nitrogens is 2. The van der Waals surface area contributed by atoms with Gasteiger partial charge in [-0.1, -0.05) is 26.0 Å². The number of carbonyl (C=O) groups is 3. The van der Waals surface area contributed by atoms with E-state index in [-0.39, 0.29) is 28.6 Å². The van der Waals surface area contributed by atoms with Crippen LogP contribution in [0.2, 0.25) is 0 Å². The molecule has 0 bridgehead atoms. The molecule has 0 unspecified atom stereocenters. The third-order valence-corrected chi connectivity index (χ3v) is 7.72. The average Bonchev–Trinajstić information content (AvgIpc) is 3.34. The maximum Gasteiger partial charge on any atom is 0.404 e. The Morgan fingerprint density at radius 1 is 0.971 bits per heavy atom. The third kappa shape index (κ3) is 4.18. The number of benzene rings is 2.